The first-order valence-electron chi connectivity index (χ1n) is 10.8. The minimum atomic E-state index is -0.373. The summed E-state index contributed by atoms with van der Waals surface area (Å²) in [6, 6.07) is 17.8. The van der Waals surface area contributed by atoms with E-state index in [1.165, 1.54) is 12.1 Å². The molecule has 0 radical (unpaired) electrons. The largest absolute Gasteiger partial charge is 0.488 e. The van der Waals surface area contributed by atoms with E-state index in [0.717, 1.165) is 31.2 Å². The Kier molecular flexibility index (Phi) is 5.73. The molecule has 0 unspecified atom stereocenters. The second kappa shape index (κ2) is 8.96. The second-order valence-electron chi connectivity index (χ2n) is 8.05. The van der Waals surface area contributed by atoms with Gasteiger partial charge in [-0.05, 0) is 49.4 Å². The molecule has 1 aliphatic carbocycles. The molecule has 4 aromatic rings. The van der Waals surface area contributed by atoms with E-state index in [1.807, 2.05) is 36.4 Å². The van der Waals surface area contributed by atoms with E-state index in [1.54, 1.807) is 22.8 Å². The number of fused-ring (bicyclic) bond motifs is 1. The number of aliphatic hydroxyl groups is 1. The molecular weight excluding hydrogens is 409 g/mol. The summed E-state index contributed by atoms with van der Waals surface area (Å²) in [7, 11) is 0. The Bertz CT molecular complexity index is 1200. The lowest BCUT2D eigenvalue weighted by Gasteiger charge is -2.25. The molecule has 0 amide bonds. The van der Waals surface area contributed by atoms with E-state index in [0.29, 0.717) is 35.1 Å². The second-order valence-corrected chi connectivity index (χ2v) is 8.05. The fraction of sp³-hybridized carbons (Fsp3) is 0.280. The number of halogens is 1. The molecule has 7 heteroatoms. The standard InChI is InChI=1S/C25H24FN3O3/c26-18-6-11-21(23(14-18)31-16-17-4-2-1-3-5-17)22-15-27-24-12-13-25(28-29(22)24)32-20-9-7-19(30)8-10-20/h1-6,11-15,19-20,30H,7-10,16H2. The van der Waals surface area contributed by atoms with Crippen LogP contribution in [0.5, 0.6) is 11.6 Å². The molecule has 1 aliphatic rings. The molecule has 2 heterocycles. The first-order chi connectivity index (χ1) is 15.7. The van der Waals surface area contributed by atoms with Crippen molar-refractivity contribution in [1.82, 2.24) is 14.6 Å². The van der Waals surface area contributed by atoms with Gasteiger partial charge >= 0.3 is 0 Å². The third-order valence-electron chi connectivity index (χ3n) is 5.73. The summed E-state index contributed by atoms with van der Waals surface area (Å²) < 4.78 is 27.8. The van der Waals surface area contributed by atoms with Gasteiger partial charge in [0.1, 0.15) is 24.3 Å². The fourth-order valence-corrected chi connectivity index (χ4v) is 4.00. The van der Waals surface area contributed by atoms with Crippen molar-refractivity contribution in [3.63, 3.8) is 0 Å². The van der Waals surface area contributed by atoms with Gasteiger partial charge in [-0.25, -0.2) is 13.9 Å². The Morgan fingerprint density at radius 1 is 1.00 bits per heavy atom. The fourth-order valence-electron chi connectivity index (χ4n) is 4.00. The summed E-state index contributed by atoms with van der Waals surface area (Å²) in [4.78, 5) is 4.44. The van der Waals surface area contributed by atoms with E-state index in [4.69, 9.17) is 9.47 Å². The van der Waals surface area contributed by atoms with Crippen LogP contribution in [0.2, 0.25) is 0 Å². The van der Waals surface area contributed by atoms with Crippen molar-refractivity contribution in [2.75, 3.05) is 0 Å². The van der Waals surface area contributed by atoms with E-state index >= 15 is 0 Å². The highest BCUT2D eigenvalue weighted by Gasteiger charge is 2.22. The zero-order valence-electron chi connectivity index (χ0n) is 17.5. The molecule has 5 rings (SSSR count). The summed E-state index contributed by atoms with van der Waals surface area (Å²) in [6.07, 6.45) is 4.57. The lowest BCUT2D eigenvalue weighted by molar-refractivity contribution is 0.0637. The average molecular weight is 433 g/mol. The SMILES string of the molecule is OC1CCC(Oc2ccc3ncc(-c4ccc(F)cc4OCc4ccccc4)n3n2)CC1. The van der Waals surface area contributed by atoms with Gasteiger partial charge in [-0.2, -0.15) is 0 Å². The number of aliphatic hydroxyl groups excluding tert-OH is 1. The van der Waals surface area contributed by atoms with Crippen LogP contribution >= 0.6 is 0 Å². The summed E-state index contributed by atoms with van der Waals surface area (Å²) >= 11 is 0. The number of ether oxygens (including phenoxy) is 2. The molecule has 1 fully saturated rings. The van der Waals surface area contributed by atoms with Crippen LogP contribution in [-0.2, 0) is 6.61 Å². The van der Waals surface area contributed by atoms with Crippen molar-refractivity contribution in [3.8, 4) is 22.9 Å². The van der Waals surface area contributed by atoms with Crippen molar-refractivity contribution < 1.29 is 19.0 Å². The molecule has 32 heavy (non-hydrogen) atoms. The van der Waals surface area contributed by atoms with Crippen LogP contribution in [-0.4, -0.2) is 31.9 Å². The molecule has 0 atom stereocenters. The first kappa shape index (κ1) is 20.5. The minimum absolute atomic E-state index is 0.0332. The van der Waals surface area contributed by atoms with Gasteiger partial charge in [0.05, 0.1) is 18.0 Å². The van der Waals surface area contributed by atoms with Gasteiger partial charge in [0.15, 0.2) is 5.65 Å². The molecular formula is C25H24FN3O3. The van der Waals surface area contributed by atoms with Crippen LogP contribution in [0.3, 0.4) is 0 Å². The zero-order chi connectivity index (χ0) is 21.9. The molecule has 6 nitrogen and oxygen atoms in total. The first-order valence-corrected chi connectivity index (χ1v) is 10.8. The average Bonchev–Trinajstić information content (AvgIpc) is 3.23. The third-order valence-corrected chi connectivity index (χ3v) is 5.73. The predicted molar refractivity (Wildman–Crippen MR) is 118 cm³/mol. The summed E-state index contributed by atoms with van der Waals surface area (Å²) in [5, 5.41) is 14.3. The Hall–Kier alpha value is -3.45. The van der Waals surface area contributed by atoms with Gasteiger partial charge in [0.25, 0.3) is 0 Å². The van der Waals surface area contributed by atoms with Crippen LogP contribution in [0.15, 0.2) is 66.9 Å². The lowest BCUT2D eigenvalue weighted by atomic mass is 9.95. The van der Waals surface area contributed by atoms with Gasteiger partial charge in [-0.15, -0.1) is 5.10 Å². The number of hydrogen-bond donors (Lipinski definition) is 1. The maximum absolute atomic E-state index is 14.0. The minimum Gasteiger partial charge on any atom is -0.488 e. The quantitative estimate of drug-likeness (QED) is 0.473. The molecule has 0 bridgehead atoms. The number of rotatable bonds is 6. The number of nitrogens with zero attached hydrogens (tertiary/aromatic N) is 3. The van der Waals surface area contributed by atoms with Crippen molar-refractivity contribution in [2.24, 2.45) is 0 Å². The molecule has 2 aromatic heterocycles. The lowest BCUT2D eigenvalue weighted by Crippen LogP contribution is -2.26. The van der Waals surface area contributed by atoms with Gasteiger partial charge in [0, 0.05) is 17.7 Å². The summed E-state index contributed by atoms with van der Waals surface area (Å²) in [5.74, 6) is 0.541. The summed E-state index contributed by atoms with van der Waals surface area (Å²) in [5.41, 5.74) is 3.03. The highest BCUT2D eigenvalue weighted by molar-refractivity contribution is 5.69. The van der Waals surface area contributed by atoms with Crippen molar-refractivity contribution in [1.29, 1.82) is 0 Å². The third kappa shape index (κ3) is 4.43. The highest BCUT2D eigenvalue weighted by Crippen LogP contribution is 2.32. The van der Waals surface area contributed by atoms with Crippen molar-refractivity contribution in [3.05, 3.63) is 78.2 Å². The van der Waals surface area contributed by atoms with Crippen LogP contribution in [0.1, 0.15) is 31.2 Å². The van der Waals surface area contributed by atoms with Crippen LogP contribution in [0.4, 0.5) is 4.39 Å². The van der Waals surface area contributed by atoms with E-state index in [-0.39, 0.29) is 18.0 Å². The molecule has 2 aromatic carbocycles. The van der Waals surface area contributed by atoms with Gasteiger partial charge in [-0.1, -0.05) is 30.3 Å². The van der Waals surface area contributed by atoms with E-state index in [9.17, 15) is 9.50 Å². The Morgan fingerprint density at radius 2 is 1.81 bits per heavy atom. The topological polar surface area (TPSA) is 68.9 Å². The zero-order valence-corrected chi connectivity index (χ0v) is 17.5. The molecule has 0 aliphatic heterocycles. The Morgan fingerprint density at radius 3 is 2.62 bits per heavy atom. The van der Waals surface area contributed by atoms with Crippen LogP contribution in [0.25, 0.3) is 16.9 Å². The number of aromatic nitrogens is 3. The molecule has 1 N–H and O–H groups in total. The number of benzene rings is 2. The number of hydrogen-bond acceptors (Lipinski definition) is 5. The Balaban J connectivity index is 1.43. The van der Waals surface area contributed by atoms with Crippen LogP contribution < -0.4 is 9.47 Å². The molecule has 0 saturated heterocycles. The molecule has 1 saturated carbocycles. The maximum atomic E-state index is 14.0. The number of imidazole rings is 1. The normalized spacial score (nSPS) is 18.6. The highest BCUT2D eigenvalue weighted by atomic mass is 19.1. The maximum Gasteiger partial charge on any atom is 0.232 e. The predicted octanol–water partition coefficient (Wildman–Crippen LogP) is 4.80. The van der Waals surface area contributed by atoms with E-state index in [2.05, 4.69) is 10.1 Å². The van der Waals surface area contributed by atoms with Gasteiger partial charge in [-0.3, -0.25) is 0 Å². The molecule has 164 valence electrons. The monoisotopic (exact) mass is 433 g/mol. The smallest absolute Gasteiger partial charge is 0.232 e. The molecule has 0 spiro atoms. The van der Waals surface area contributed by atoms with Crippen molar-refractivity contribution >= 4 is 5.65 Å². The van der Waals surface area contributed by atoms with Crippen molar-refractivity contribution in [2.45, 2.75) is 44.5 Å². The van der Waals surface area contributed by atoms with Gasteiger partial charge in [0.2, 0.25) is 5.88 Å². The summed E-state index contributed by atoms with van der Waals surface area (Å²) in [6.45, 7) is 0.323. The Labute approximate surface area is 185 Å². The van der Waals surface area contributed by atoms with Crippen LogP contribution in [0, 0.1) is 5.82 Å². The van der Waals surface area contributed by atoms with Gasteiger partial charge < -0.3 is 14.6 Å². The van der Waals surface area contributed by atoms with E-state index < -0.39 is 0 Å².